The molecule has 4 aromatic rings. The summed E-state index contributed by atoms with van der Waals surface area (Å²) in [5.41, 5.74) is 1.07. The molecule has 1 aromatic heterocycles. The number of sulfonamides is 2. The Hall–Kier alpha value is -3.48. The highest BCUT2D eigenvalue weighted by molar-refractivity contribution is 7.93. The molecule has 0 radical (unpaired) electrons. The van der Waals surface area contributed by atoms with Crippen LogP contribution in [-0.2, 0) is 24.8 Å². The molecule has 180 valence electrons. The van der Waals surface area contributed by atoms with Crippen LogP contribution >= 0.6 is 11.3 Å². The fourth-order valence-corrected chi connectivity index (χ4v) is 7.51. The second kappa shape index (κ2) is 8.95. The first-order valence-electron chi connectivity index (χ1n) is 10.6. The van der Waals surface area contributed by atoms with Crippen LogP contribution < -0.4 is 14.3 Å². The Labute approximate surface area is 206 Å². The zero-order chi connectivity index (χ0) is 24.6. The Bertz CT molecular complexity index is 1610. The standard InChI is InChI=1S/C23H20N4O5S3/c28-21(25-17-9-11-18(12-10-17)34(29,30)26-23-24-13-15-33-23)8-3-14-27-19-6-1-4-16-5-2-7-20(22(16)19)35(27,31)32/h1-2,4-7,9-13,15H,3,8,14H2,(H,24,26)(H,25,28). The Balaban J connectivity index is 1.19. The summed E-state index contributed by atoms with van der Waals surface area (Å²) in [4.78, 5) is 16.7. The Morgan fingerprint density at radius 2 is 1.77 bits per heavy atom. The van der Waals surface area contributed by atoms with Gasteiger partial charge in [-0.2, -0.15) is 0 Å². The predicted molar refractivity (Wildman–Crippen MR) is 136 cm³/mol. The first kappa shape index (κ1) is 23.3. The zero-order valence-electron chi connectivity index (χ0n) is 18.2. The van der Waals surface area contributed by atoms with Crippen molar-refractivity contribution in [1.29, 1.82) is 0 Å². The van der Waals surface area contributed by atoms with Crippen molar-refractivity contribution in [2.24, 2.45) is 0 Å². The van der Waals surface area contributed by atoms with Crippen molar-refractivity contribution in [2.45, 2.75) is 22.6 Å². The minimum absolute atomic E-state index is 0.0404. The maximum Gasteiger partial charge on any atom is 0.265 e. The van der Waals surface area contributed by atoms with Crippen LogP contribution in [0.25, 0.3) is 10.8 Å². The van der Waals surface area contributed by atoms with Crippen molar-refractivity contribution in [1.82, 2.24) is 4.98 Å². The first-order chi connectivity index (χ1) is 16.8. The molecule has 1 aliphatic rings. The van der Waals surface area contributed by atoms with Crippen LogP contribution in [0.1, 0.15) is 12.8 Å². The highest BCUT2D eigenvalue weighted by atomic mass is 32.2. The van der Waals surface area contributed by atoms with E-state index < -0.39 is 20.0 Å². The number of hydrogen-bond donors (Lipinski definition) is 2. The Morgan fingerprint density at radius 1 is 1.03 bits per heavy atom. The molecule has 0 aliphatic carbocycles. The summed E-state index contributed by atoms with van der Waals surface area (Å²) in [7, 11) is -7.44. The van der Waals surface area contributed by atoms with Crippen LogP contribution in [-0.4, -0.2) is 34.3 Å². The third-order valence-corrected chi connectivity index (χ3v) is 9.58. The number of hydrogen-bond acceptors (Lipinski definition) is 7. The second-order valence-electron chi connectivity index (χ2n) is 7.83. The average Bonchev–Trinajstić information content (AvgIpc) is 3.40. The molecular formula is C23H20N4O5S3. The topological polar surface area (TPSA) is 126 Å². The van der Waals surface area contributed by atoms with E-state index in [1.54, 1.807) is 23.6 Å². The van der Waals surface area contributed by atoms with Crippen LogP contribution in [0.4, 0.5) is 16.5 Å². The molecule has 3 aromatic carbocycles. The number of aromatic nitrogens is 1. The molecule has 5 rings (SSSR count). The van der Waals surface area contributed by atoms with Crippen LogP contribution in [0.15, 0.2) is 82.0 Å². The van der Waals surface area contributed by atoms with Crippen molar-refractivity contribution in [3.8, 4) is 0 Å². The molecule has 35 heavy (non-hydrogen) atoms. The average molecular weight is 529 g/mol. The molecule has 0 saturated heterocycles. The molecule has 2 N–H and O–H groups in total. The van der Waals surface area contributed by atoms with E-state index in [4.69, 9.17) is 0 Å². The molecule has 9 nitrogen and oxygen atoms in total. The number of nitrogens with one attached hydrogen (secondary N) is 2. The van der Waals surface area contributed by atoms with E-state index in [0.717, 1.165) is 5.39 Å². The maximum absolute atomic E-state index is 13.0. The van der Waals surface area contributed by atoms with Crippen molar-refractivity contribution in [2.75, 3.05) is 20.9 Å². The van der Waals surface area contributed by atoms with Crippen LogP contribution in [0.2, 0.25) is 0 Å². The van der Waals surface area contributed by atoms with E-state index in [2.05, 4.69) is 15.0 Å². The molecule has 0 saturated carbocycles. The summed E-state index contributed by atoms with van der Waals surface area (Å²) in [6, 6.07) is 16.4. The van der Waals surface area contributed by atoms with Crippen molar-refractivity contribution in [3.63, 3.8) is 0 Å². The summed E-state index contributed by atoms with van der Waals surface area (Å²) in [5, 5.41) is 6.21. The van der Waals surface area contributed by atoms with Crippen LogP contribution in [0.3, 0.4) is 0 Å². The van der Waals surface area contributed by atoms with E-state index in [1.165, 1.54) is 46.1 Å². The number of rotatable bonds is 8. The number of thiazole rings is 1. The lowest BCUT2D eigenvalue weighted by molar-refractivity contribution is -0.116. The highest BCUT2D eigenvalue weighted by Gasteiger charge is 2.35. The van der Waals surface area contributed by atoms with E-state index in [-0.39, 0.29) is 33.8 Å². The Morgan fingerprint density at radius 3 is 2.49 bits per heavy atom. The second-order valence-corrected chi connectivity index (χ2v) is 12.2. The molecule has 1 amide bonds. The van der Waals surface area contributed by atoms with E-state index >= 15 is 0 Å². The van der Waals surface area contributed by atoms with Crippen molar-refractivity contribution >= 4 is 64.6 Å². The third kappa shape index (κ3) is 4.47. The van der Waals surface area contributed by atoms with Gasteiger partial charge in [0.05, 0.1) is 15.5 Å². The zero-order valence-corrected chi connectivity index (χ0v) is 20.7. The molecule has 0 spiro atoms. The highest BCUT2D eigenvalue weighted by Crippen LogP contribution is 2.42. The molecule has 0 atom stereocenters. The fourth-order valence-electron chi connectivity index (χ4n) is 3.97. The predicted octanol–water partition coefficient (Wildman–Crippen LogP) is 4.02. The minimum Gasteiger partial charge on any atom is -0.326 e. The van der Waals surface area contributed by atoms with Gasteiger partial charge in [0, 0.05) is 35.6 Å². The lowest BCUT2D eigenvalue weighted by Gasteiger charge is -2.18. The van der Waals surface area contributed by atoms with Gasteiger partial charge in [-0.25, -0.2) is 21.8 Å². The molecule has 0 bridgehead atoms. The van der Waals surface area contributed by atoms with Crippen molar-refractivity contribution < 1.29 is 21.6 Å². The largest absolute Gasteiger partial charge is 0.326 e. The number of carbonyl (C=O) groups excluding carboxylic acids is 1. The maximum atomic E-state index is 13.0. The number of anilines is 3. The SMILES string of the molecule is O=C(CCCN1c2cccc3cccc(c23)S1(=O)=O)Nc1ccc(S(=O)(=O)Nc2nccs2)cc1. The van der Waals surface area contributed by atoms with Gasteiger partial charge in [-0.05, 0) is 48.2 Å². The molecule has 2 heterocycles. The van der Waals surface area contributed by atoms with Gasteiger partial charge in [0.1, 0.15) is 0 Å². The van der Waals surface area contributed by atoms with Gasteiger partial charge in [0.15, 0.2) is 5.13 Å². The fraction of sp³-hybridized carbons (Fsp3) is 0.130. The number of amides is 1. The number of benzene rings is 3. The molecule has 12 heteroatoms. The molecule has 0 unspecified atom stereocenters. The monoisotopic (exact) mass is 528 g/mol. The van der Waals surface area contributed by atoms with Crippen molar-refractivity contribution in [3.05, 3.63) is 72.2 Å². The van der Waals surface area contributed by atoms with Crippen LogP contribution in [0.5, 0.6) is 0 Å². The number of carbonyl (C=O) groups is 1. The molecule has 1 aliphatic heterocycles. The lowest BCUT2D eigenvalue weighted by Crippen LogP contribution is -2.28. The summed E-state index contributed by atoms with van der Waals surface area (Å²) < 4.78 is 54.6. The van der Waals surface area contributed by atoms with Gasteiger partial charge < -0.3 is 5.32 Å². The van der Waals surface area contributed by atoms with Gasteiger partial charge in [0.2, 0.25) is 5.91 Å². The minimum atomic E-state index is -3.78. The lowest BCUT2D eigenvalue weighted by atomic mass is 10.1. The number of nitrogens with zero attached hydrogens (tertiary/aromatic N) is 2. The van der Waals surface area contributed by atoms with E-state index in [9.17, 15) is 21.6 Å². The normalized spacial score (nSPS) is 14.2. The third-order valence-electron chi connectivity index (χ3n) is 5.55. The van der Waals surface area contributed by atoms with E-state index in [1.807, 2.05) is 18.2 Å². The Kier molecular flexibility index (Phi) is 5.95. The quantitative estimate of drug-likeness (QED) is 0.356. The molecular weight excluding hydrogens is 508 g/mol. The van der Waals surface area contributed by atoms with Gasteiger partial charge >= 0.3 is 0 Å². The van der Waals surface area contributed by atoms with Gasteiger partial charge in [0.25, 0.3) is 20.0 Å². The van der Waals surface area contributed by atoms with Gasteiger partial charge in [-0.15, -0.1) is 11.3 Å². The summed E-state index contributed by atoms with van der Waals surface area (Å²) >= 11 is 1.17. The van der Waals surface area contributed by atoms with Crippen LogP contribution in [0, 0.1) is 0 Å². The first-order valence-corrected chi connectivity index (χ1v) is 14.4. The van der Waals surface area contributed by atoms with Gasteiger partial charge in [-0.1, -0.05) is 24.3 Å². The summed E-state index contributed by atoms with van der Waals surface area (Å²) in [5.74, 6) is -0.297. The van der Waals surface area contributed by atoms with Gasteiger partial charge in [-0.3, -0.25) is 13.8 Å². The molecule has 0 fully saturated rings. The summed E-state index contributed by atoms with van der Waals surface area (Å²) in [6.45, 7) is 0.170. The van der Waals surface area contributed by atoms with E-state index in [0.29, 0.717) is 23.2 Å². The summed E-state index contributed by atoms with van der Waals surface area (Å²) in [6.07, 6.45) is 1.92. The smallest absolute Gasteiger partial charge is 0.265 e.